The SMILES string of the molecule is CC(=O)N1CCN(C(=O)C2CC(c3ncc(N4CC[C@@H](Oc5ccc(COc6ccc(F)cc6)nc5)C4=O)cn3)C2)CC1. The van der Waals surface area contributed by atoms with Gasteiger partial charge in [0, 0.05) is 57.9 Å². The van der Waals surface area contributed by atoms with E-state index >= 15 is 0 Å². The Labute approximate surface area is 248 Å². The van der Waals surface area contributed by atoms with E-state index in [1.165, 1.54) is 12.1 Å². The Morgan fingerprint density at radius 1 is 0.884 bits per heavy atom. The number of piperazine rings is 1. The quantitative estimate of drug-likeness (QED) is 0.394. The number of rotatable bonds is 8. The smallest absolute Gasteiger partial charge is 0.268 e. The second-order valence-electron chi connectivity index (χ2n) is 11.1. The van der Waals surface area contributed by atoms with Crippen molar-refractivity contribution >= 4 is 23.4 Å². The van der Waals surface area contributed by atoms with E-state index in [1.807, 2.05) is 4.90 Å². The molecule has 3 amide bonds. The molecule has 43 heavy (non-hydrogen) atoms. The molecule has 3 aliphatic rings. The molecule has 1 atom stereocenters. The van der Waals surface area contributed by atoms with Crippen molar-refractivity contribution in [1.29, 1.82) is 0 Å². The van der Waals surface area contributed by atoms with Gasteiger partial charge in [0.1, 0.15) is 29.7 Å². The number of benzene rings is 1. The zero-order valence-electron chi connectivity index (χ0n) is 23.9. The summed E-state index contributed by atoms with van der Waals surface area (Å²) in [5.41, 5.74) is 1.28. The first-order valence-electron chi connectivity index (χ1n) is 14.5. The van der Waals surface area contributed by atoms with Crippen LogP contribution in [0.2, 0.25) is 0 Å². The molecular formula is C31H33FN6O5. The van der Waals surface area contributed by atoms with Crippen molar-refractivity contribution in [2.24, 2.45) is 5.92 Å². The molecule has 3 fully saturated rings. The fourth-order valence-corrected chi connectivity index (χ4v) is 5.65. The highest BCUT2D eigenvalue weighted by Crippen LogP contribution is 2.41. The summed E-state index contributed by atoms with van der Waals surface area (Å²) in [7, 11) is 0. The van der Waals surface area contributed by atoms with Gasteiger partial charge in [-0.3, -0.25) is 19.4 Å². The number of carbonyl (C=O) groups is 3. The summed E-state index contributed by atoms with van der Waals surface area (Å²) in [5, 5.41) is 0. The monoisotopic (exact) mass is 588 g/mol. The molecule has 2 saturated heterocycles. The minimum Gasteiger partial charge on any atom is -0.487 e. The Bertz CT molecular complexity index is 1460. The van der Waals surface area contributed by atoms with Gasteiger partial charge in [-0.1, -0.05) is 0 Å². The van der Waals surface area contributed by atoms with Crippen LogP contribution >= 0.6 is 0 Å². The molecule has 1 aliphatic carbocycles. The molecule has 4 heterocycles. The lowest BCUT2D eigenvalue weighted by atomic mass is 9.73. The highest BCUT2D eigenvalue weighted by Gasteiger charge is 2.40. The van der Waals surface area contributed by atoms with Crippen molar-refractivity contribution in [2.45, 2.75) is 44.8 Å². The third-order valence-electron chi connectivity index (χ3n) is 8.29. The molecule has 1 aromatic carbocycles. The van der Waals surface area contributed by atoms with Gasteiger partial charge in [-0.2, -0.15) is 0 Å². The van der Waals surface area contributed by atoms with Gasteiger partial charge in [-0.25, -0.2) is 14.4 Å². The van der Waals surface area contributed by atoms with Crippen LogP contribution in [-0.4, -0.2) is 81.3 Å². The van der Waals surface area contributed by atoms with Gasteiger partial charge >= 0.3 is 0 Å². The zero-order chi connectivity index (χ0) is 29.9. The number of hydrogen-bond donors (Lipinski definition) is 0. The third-order valence-corrected chi connectivity index (χ3v) is 8.29. The van der Waals surface area contributed by atoms with Gasteiger partial charge in [-0.05, 0) is 49.2 Å². The zero-order valence-corrected chi connectivity index (χ0v) is 23.9. The minimum absolute atomic E-state index is 0.0406. The lowest BCUT2D eigenvalue weighted by Crippen LogP contribution is -2.52. The normalized spacial score (nSPS) is 21.9. The van der Waals surface area contributed by atoms with E-state index in [4.69, 9.17) is 9.47 Å². The van der Waals surface area contributed by atoms with Crippen LogP contribution < -0.4 is 14.4 Å². The molecule has 224 valence electrons. The Morgan fingerprint density at radius 3 is 2.21 bits per heavy atom. The van der Waals surface area contributed by atoms with Gasteiger partial charge < -0.3 is 24.2 Å². The number of anilines is 1. The summed E-state index contributed by atoms with van der Waals surface area (Å²) in [6.07, 6.45) is 6.16. The summed E-state index contributed by atoms with van der Waals surface area (Å²) in [4.78, 5) is 56.1. The number of ether oxygens (including phenoxy) is 2. The number of pyridine rings is 1. The first-order valence-corrected chi connectivity index (χ1v) is 14.5. The molecule has 11 nitrogen and oxygen atoms in total. The summed E-state index contributed by atoms with van der Waals surface area (Å²) in [5.74, 6) is 1.48. The maximum Gasteiger partial charge on any atom is 0.268 e. The van der Waals surface area contributed by atoms with Crippen LogP contribution in [-0.2, 0) is 21.0 Å². The number of halogens is 1. The minimum atomic E-state index is -0.640. The van der Waals surface area contributed by atoms with Crippen molar-refractivity contribution in [3.05, 3.63) is 72.3 Å². The molecule has 0 radical (unpaired) electrons. The molecule has 12 heteroatoms. The van der Waals surface area contributed by atoms with Crippen LogP contribution in [0.3, 0.4) is 0 Å². The number of hydrogen-bond acceptors (Lipinski definition) is 8. The first-order chi connectivity index (χ1) is 20.8. The molecule has 3 aromatic rings. The van der Waals surface area contributed by atoms with Gasteiger partial charge in [-0.15, -0.1) is 0 Å². The second-order valence-corrected chi connectivity index (χ2v) is 11.1. The third kappa shape index (κ3) is 6.42. The molecule has 6 rings (SSSR count). The number of aromatic nitrogens is 3. The van der Waals surface area contributed by atoms with Crippen molar-refractivity contribution in [2.75, 3.05) is 37.6 Å². The van der Waals surface area contributed by atoms with E-state index in [1.54, 1.807) is 59.6 Å². The Hall–Kier alpha value is -4.61. The van der Waals surface area contributed by atoms with E-state index in [2.05, 4.69) is 15.0 Å². The van der Waals surface area contributed by atoms with Crippen molar-refractivity contribution in [1.82, 2.24) is 24.8 Å². The maximum absolute atomic E-state index is 13.1. The van der Waals surface area contributed by atoms with Crippen LogP contribution in [0.25, 0.3) is 0 Å². The van der Waals surface area contributed by atoms with E-state index in [9.17, 15) is 18.8 Å². The van der Waals surface area contributed by atoms with E-state index in [0.29, 0.717) is 80.7 Å². The number of carbonyl (C=O) groups excluding carboxylic acids is 3. The van der Waals surface area contributed by atoms with Crippen LogP contribution in [0.4, 0.5) is 10.1 Å². The first kappa shape index (κ1) is 28.5. The predicted octanol–water partition coefficient (Wildman–Crippen LogP) is 2.96. The van der Waals surface area contributed by atoms with Crippen LogP contribution in [0, 0.1) is 11.7 Å². The molecular weight excluding hydrogens is 555 g/mol. The number of amides is 3. The summed E-state index contributed by atoms with van der Waals surface area (Å²) < 4.78 is 24.6. The van der Waals surface area contributed by atoms with Gasteiger partial charge in [0.05, 0.1) is 30.0 Å². The van der Waals surface area contributed by atoms with Crippen molar-refractivity contribution < 1.29 is 28.2 Å². The lowest BCUT2D eigenvalue weighted by Gasteiger charge is -2.40. The topological polar surface area (TPSA) is 118 Å². The van der Waals surface area contributed by atoms with Crippen LogP contribution in [0.5, 0.6) is 11.5 Å². The largest absolute Gasteiger partial charge is 0.487 e. The Morgan fingerprint density at radius 2 is 1.56 bits per heavy atom. The van der Waals surface area contributed by atoms with E-state index in [0.717, 1.165) is 0 Å². The molecule has 2 aliphatic heterocycles. The molecule has 0 unspecified atom stereocenters. The lowest BCUT2D eigenvalue weighted by molar-refractivity contribution is -0.143. The summed E-state index contributed by atoms with van der Waals surface area (Å²) >= 11 is 0. The highest BCUT2D eigenvalue weighted by atomic mass is 19.1. The fraction of sp³-hybridized carbons (Fsp3) is 0.419. The van der Waals surface area contributed by atoms with Crippen LogP contribution in [0.1, 0.15) is 43.6 Å². The molecule has 1 saturated carbocycles. The van der Waals surface area contributed by atoms with Gasteiger partial charge in [0.25, 0.3) is 5.91 Å². The van der Waals surface area contributed by atoms with Crippen molar-refractivity contribution in [3.63, 3.8) is 0 Å². The van der Waals surface area contributed by atoms with E-state index in [-0.39, 0.29) is 42.0 Å². The van der Waals surface area contributed by atoms with Crippen molar-refractivity contribution in [3.8, 4) is 11.5 Å². The van der Waals surface area contributed by atoms with Crippen LogP contribution in [0.15, 0.2) is 55.0 Å². The molecule has 0 N–H and O–H groups in total. The molecule has 2 aromatic heterocycles. The van der Waals surface area contributed by atoms with Gasteiger partial charge in [0.2, 0.25) is 11.8 Å². The maximum atomic E-state index is 13.1. The van der Waals surface area contributed by atoms with E-state index < -0.39 is 6.10 Å². The summed E-state index contributed by atoms with van der Waals surface area (Å²) in [6, 6.07) is 9.27. The highest BCUT2D eigenvalue weighted by molar-refractivity contribution is 5.98. The fourth-order valence-electron chi connectivity index (χ4n) is 5.65. The molecule has 0 spiro atoms. The average molecular weight is 589 g/mol. The number of nitrogens with zero attached hydrogens (tertiary/aromatic N) is 6. The second kappa shape index (κ2) is 12.3. The van der Waals surface area contributed by atoms with Gasteiger partial charge in [0.15, 0.2) is 6.10 Å². The standard InChI is InChI=1S/C31H33FN6O5/c1-20(39)36-10-12-37(13-11-36)30(40)22-14-21(15-22)29-34-16-25(17-35-29)38-9-8-28(31(38)41)43-27-7-4-24(33-18-27)19-42-26-5-2-23(32)3-6-26/h2-7,16-18,21-22,28H,8-15,19H2,1H3/t21?,22?,28-/m1/s1. The average Bonchev–Trinajstić information content (AvgIpc) is 3.36. The molecule has 0 bridgehead atoms. The predicted molar refractivity (Wildman–Crippen MR) is 153 cm³/mol. The Balaban J connectivity index is 0.961. The summed E-state index contributed by atoms with van der Waals surface area (Å²) in [6.45, 7) is 4.59. The Kier molecular flexibility index (Phi) is 8.17.